The van der Waals surface area contributed by atoms with E-state index in [-0.39, 0.29) is 10.3 Å². The molecule has 0 radical (unpaired) electrons. The van der Waals surface area contributed by atoms with Crippen molar-refractivity contribution in [1.82, 2.24) is 8.61 Å². The molecule has 4 rings (SSSR count). The van der Waals surface area contributed by atoms with E-state index in [0.717, 1.165) is 24.8 Å². The van der Waals surface area contributed by atoms with Gasteiger partial charge in [0, 0.05) is 39.3 Å². The van der Waals surface area contributed by atoms with E-state index in [4.69, 9.17) is 4.74 Å². The monoisotopic (exact) mass is 563 g/mol. The van der Waals surface area contributed by atoms with Crippen LogP contribution in [0.5, 0.6) is 5.75 Å². The van der Waals surface area contributed by atoms with E-state index in [1.807, 2.05) is 17.0 Å². The Hall–Kier alpha value is -2.14. The third-order valence-corrected chi connectivity index (χ3v) is 11.9. The number of piperidine rings is 1. The van der Waals surface area contributed by atoms with Gasteiger partial charge in [-0.15, -0.1) is 0 Å². The minimum absolute atomic E-state index is 0.0127. The summed E-state index contributed by atoms with van der Waals surface area (Å²) in [5.41, 5.74) is 1.77. The van der Waals surface area contributed by atoms with Crippen LogP contribution in [0.4, 0.5) is 5.69 Å². The van der Waals surface area contributed by atoms with Gasteiger partial charge in [0.2, 0.25) is 20.0 Å². The molecule has 2 aliphatic heterocycles. The number of hydrogen-bond acceptors (Lipinski definition) is 6. The van der Waals surface area contributed by atoms with E-state index in [0.29, 0.717) is 61.5 Å². The molecule has 8 nitrogen and oxygen atoms in total. The third kappa shape index (κ3) is 5.73. The van der Waals surface area contributed by atoms with Gasteiger partial charge in [0.1, 0.15) is 5.75 Å². The number of piperazine rings is 1. The maximum absolute atomic E-state index is 13.4. The van der Waals surface area contributed by atoms with Gasteiger partial charge in [0.25, 0.3) is 0 Å². The third-order valence-electron chi connectivity index (χ3n) is 8.14. The molecule has 0 bridgehead atoms. The number of nitrogens with zero attached hydrogens (tertiary/aromatic N) is 3. The average molecular weight is 564 g/mol. The molecule has 0 saturated carbocycles. The molecule has 0 amide bonds. The van der Waals surface area contributed by atoms with Crippen LogP contribution in [-0.2, 0) is 25.5 Å². The zero-order valence-corrected chi connectivity index (χ0v) is 24.8. The summed E-state index contributed by atoms with van der Waals surface area (Å²) in [6.07, 6.45) is 2.86. The zero-order valence-electron chi connectivity index (χ0n) is 23.2. The van der Waals surface area contributed by atoms with E-state index in [1.54, 1.807) is 41.7 Å². The van der Waals surface area contributed by atoms with Crippen molar-refractivity contribution < 1.29 is 21.6 Å². The Bertz CT molecular complexity index is 1330. The molecule has 2 aromatic carbocycles. The Balaban J connectivity index is 1.51. The predicted octanol–water partition coefficient (Wildman–Crippen LogP) is 4.31. The second kappa shape index (κ2) is 11.2. The summed E-state index contributed by atoms with van der Waals surface area (Å²) in [7, 11) is -5.69. The minimum atomic E-state index is -3.63. The van der Waals surface area contributed by atoms with E-state index >= 15 is 0 Å². The molecule has 10 heteroatoms. The van der Waals surface area contributed by atoms with Crippen molar-refractivity contribution in [1.29, 1.82) is 0 Å². The first-order chi connectivity index (χ1) is 17.9. The van der Waals surface area contributed by atoms with Crippen molar-refractivity contribution in [3.63, 3.8) is 0 Å². The SMILES string of the molecule is CCC(C)(C)c1ccc(S(=O)(=O)N2CCN(c3cc(S(=O)(=O)N4CCCC(C)C4)ccc3OC)CC2)cc1. The first kappa shape index (κ1) is 28.9. The maximum atomic E-state index is 13.4. The summed E-state index contributed by atoms with van der Waals surface area (Å²) in [5, 5.41) is 0. The fraction of sp³-hybridized carbons (Fsp3) is 0.571. The summed E-state index contributed by atoms with van der Waals surface area (Å²) < 4.78 is 62.2. The van der Waals surface area contributed by atoms with E-state index in [2.05, 4.69) is 27.7 Å². The number of ether oxygens (including phenoxy) is 1. The van der Waals surface area contributed by atoms with Gasteiger partial charge in [0.15, 0.2) is 0 Å². The number of anilines is 1. The molecular formula is C28H41N3O5S2. The molecule has 2 aliphatic rings. The van der Waals surface area contributed by atoms with Gasteiger partial charge < -0.3 is 9.64 Å². The van der Waals surface area contributed by atoms with Crippen molar-refractivity contribution in [2.24, 2.45) is 5.92 Å². The normalized spacial score (nSPS) is 20.4. The Morgan fingerprint density at radius 1 is 0.868 bits per heavy atom. The molecule has 2 heterocycles. The highest BCUT2D eigenvalue weighted by Gasteiger charge is 2.32. The van der Waals surface area contributed by atoms with Gasteiger partial charge in [-0.3, -0.25) is 0 Å². The number of rotatable bonds is 8. The van der Waals surface area contributed by atoms with E-state index in [9.17, 15) is 16.8 Å². The van der Waals surface area contributed by atoms with Crippen LogP contribution in [0, 0.1) is 5.92 Å². The predicted molar refractivity (Wildman–Crippen MR) is 151 cm³/mol. The van der Waals surface area contributed by atoms with Crippen LogP contribution in [0.15, 0.2) is 52.3 Å². The quantitative estimate of drug-likeness (QED) is 0.476. The maximum Gasteiger partial charge on any atom is 0.243 e. The van der Waals surface area contributed by atoms with Crippen LogP contribution in [-0.4, -0.2) is 71.8 Å². The van der Waals surface area contributed by atoms with Crippen LogP contribution in [0.1, 0.15) is 52.5 Å². The van der Waals surface area contributed by atoms with Crippen molar-refractivity contribution in [2.75, 3.05) is 51.3 Å². The Morgan fingerprint density at radius 2 is 1.47 bits per heavy atom. The van der Waals surface area contributed by atoms with Crippen molar-refractivity contribution in [2.45, 2.75) is 62.2 Å². The van der Waals surface area contributed by atoms with Gasteiger partial charge in [-0.2, -0.15) is 8.61 Å². The second-order valence-electron chi connectivity index (χ2n) is 11.1. The standard InChI is InChI=1S/C28H41N3O5S2/c1-6-28(3,4)23-9-11-24(12-10-23)37(32,33)30-18-16-29(17-19-30)26-20-25(13-14-27(26)36-5)38(34,35)31-15-7-8-22(2)21-31/h9-14,20,22H,6-8,15-19,21H2,1-5H3. The number of hydrogen-bond donors (Lipinski definition) is 0. The fourth-order valence-corrected chi connectivity index (χ4v) is 8.23. The molecule has 0 N–H and O–H groups in total. The Morgan fingerprint density at radius 3 is 2.05 bits per heavy atom. The highest BCUT2D eigenvalue weighted by Crippen LogP contribution is 2.34. The molecule has 38 heavy (non-hydrogen) atoms. The number of benzene rings is 2. The molecule has 1 unspecified atom stereocenters. The largest absolute Gasteiger partial charge is 0.495 e. The van der Waals surface area contributed by atoms with Crippen LogP contribution < -0.4 is 9.64 Å². The summed E-state index contributed by atoms with van der Waals surface area (Å²) in [6, 6.07) is 12.2. The first-order valence-corrected chi connectivity index (χ1v) is 16.3. The van der Waals surface area contributed by atoms with E-state index in [1.165, 1.54) is 4.31 Å². The lowest BCUT2D eigenvalue weighted by atomic mass is 9.82. The molecule has 0 spiro atoms. The topological polar surface area (TPSA) is 87.2 Å². The smallest absolute Gasteiger partial charge is 0.243 e. The van der Waals surface area contributed by atoms with Crippen molar-refractivity contribution >= 4 is 25.7 Å². The molecular weight excluding hydrogens is 522 g/mol. The van der Waals surface area contributed by atoms with Gasteiger partial charge in [-0.1, -0.05) is 39.8 Å². The Kier molecular flexibility index (Phi) is 8.47. The molecule has 2 saturated heterocycles. The highest BCUT2D eigenvalue weighted by molar-refractivity contribution is 7.89. The van der Waals surface area contributed by atoms with Gasteiger partial charge in [-0.25, -0.2) is 16.8 Å². The molecule has 210 valence electrons. The summed E-state index contributed by atoms with van der Waals surface area (Å²) in [5.74, 6) is 0.905. The van der Waals surface area contributed by atoms with Crippen molar-refractivity contribution in [3.8, 4) is 5.75 Å². The minimum Gasteiger partial charge on any atom is -0.495 e. The number of sulfonamides is 2. The van der Waals surface area contributed by atoms with Gasteiger partial charge >= 0.3 is 0 Å². The molecule has 0 aliphatic carbocycles. The lowest BCUT2D eigenvalue weighted by Crippen LogP contribution is -2.48. The van der Waals surface area contributed by atoms with E-state index < -0.39 is 20.0 Å². The van der Waals surface area contributed by atoms with Crippen LogP contribution >= 0.6 is 0 Å². The average Bonchev–Trinajstić information content (AvgIpc) is 2.92. The lowest BCUT2D eigenvalue weighted by molar-refractivity contribution is 0.281. The highest BCUT2D eigenvalue weighted by atomic mass is 32.2. The lowest BCUT2D eigenvalue weighted by Gasteiger charge is -2.36. The summed E-state index contributed by atoms with van der Waals surface area (Å²) in [6.45, 7) is 11.0. The van der Waals surface area contributed by atoms with Crippen molar-refractivity contribution in [3.05, 3.63) is 48.0 Å². The summed E-state index contributed by atoms with van der Waals surface area (Å²) >= 11 is 0. The van der Waals surface area contributed by atoms with Crippen LogP contribution in [0.2, 0.25) is 0 Å². The fourth-order valence-electron chi connectivity index (χ4n) is 5.19. The summed E-state index contributed by atoms with van der Waals surface area (Å²) in [4.78, 5) is 2.55. The molecule has 2 aromatic rings. The molecule has 0 aromatic heterocycles. The van der Waals surface area contributed by atoms with Crippen LogP contribution in [0.25, 0.3) is 0 Å². The van der Waals surface area contributed by atoms with Crippen LogP contribution in [0.3, 0.4) is 0 Å². The Labute approximate surface area is 228 Å². The molecule has 1 atom stereocenters. The first-order valence-electron chi connectivity index (χ1n) is 13.4. The zero-order chi connectivity index (χ0) is 27.7. The second-order valence-corrected chi connectivity index (χ2v) is 15.0. The molecule has 2 fully saturated rings. The van der Waals surface area contributed by atoms with Gasteiger partial charge in [0.05, 0.1) is 22.6 Å². The van der Waals surface area contributed by atoms with Gasteiger partial charge in [-0.05, 0) is 66.5 Å². The number of methoxy groups -OCH3 is 1.